The van der Waals surface area contributed by atoms with E-state index in [2.05, 4.69) is 19.2 Å². The average molecular weight is 306 g/mol. The molecule has 1 aromatic carbocycles. The topological polar surface area (TPSA) is 76.7 Å². The first kappa shape index (κ1) is 16.4. The van der Waals surface area contributed by atoms with Crippen LogP contribution >= 0.6 is 0 Å². The Morgan fingerprint density at radius 3 is 2.55 bits per heavy atom. The number of hydrogen-bond donors (Lipinski definition) is 2. The molecule has 1 aliphatic rings. The summed E-state index contributed by atoms with van der Waals surface area (Å²) in [5.41, 5.74) is 1.39. The molecule has 0 aliphatic carbocycles. The SMILES string of the molecule is Cc1cc([N+](=O)[O-])ccc1NC(=O)C[NH+]1C[C@@H](C)C[C@H](C)C1. The lowest BCUT2D eigenvalue weighted by Gasteiger charge is -2.31. The number of hydrogen-bond acceptors (Lipinski definition) is 3. The third kappa shape index (κ3) is 4.27. The summed E-state index contributed by atoms with van der Waals surface area (Å²) in [6.07, 6.45) is 1.23. The molecule has 6 nitrogen and oxygen atoms in total. The predicted molar refractivity (Wildman–Crippen MR) is 85.0 cm³/mol. The highest BCUT2D eigenvalue weighted by Crippen LogP contribution is 2.21. The van der Waals surface area contributed by atoms with Crippen LogP contribution in [-0.4, -0.2) is 30.5 Å². The van der Waals surface area contributed by atoms with E-state index in [9.17, 15) is 14.9 Å². The lowest BCUT2D eigenvalue weighted by atomic mass is 9.92. The van der Waals surface area contributed by atoms with Crippen LogP contribution in [0, 0.1) is 28.9 Å². The molecule has 0 spiro atoms. The zero-order chi connectivity index (χ0) is 16.3. The third-order valence-electron chi connectivity index (χ3n) is 4.18. The molecule has 120 valence electrons. The van der Waals surface area contributed by atoms with Gasteiger partial charge in [-0.25, -0.2) is 0 Å². The van der Waals surface area contributed by atoms with Gasteiger partial charge in [0.15, 0.2) is 6.54 Å². The van der Waals surface area contributed by atoms with E-state index in [-0.39, 0.29) is 11.6 Å². The number of carbonyl (C=O) groups is 1. The first-order valence-electron chi connectivity index (χ1n) is 7.73. The predicted octanol–water partition coefficient (Wildman–Crippen LogP) is 1.40. The molecule has 1 fully saturated rings. The van der Waals surface area contributed by atoms with Crippen LogP contribution in [0.3, 0.4) is 0 Å². The molecule has 0 bridgehead atoms. The number of benzene rings is 1. The third-order valence-corrected chi connectivity index (χ3v) is 4.18. The fraction of sp³-hybridized carbons (Fsp3) is 0.562. The molecule has 2 rings (SSSR count). The van der Waals surface area contributed by atoms with Crippen molar-refractivity contribution in [1.82, 2.24) is 0 Å². The van der Waals surface area contributed by atoms with Crippen LogP contribution < -0.4 is 10.2 Å². The molecule has 1 aromatic rings. The number of nitro groups is 1. The second-order valence-corrected chi connectivity index (χ2v) is 6.59. The number of aryl methyl sites for hydroxylation is 1. The van der Waals surface area contributed by atoms with E-state index >= 15 is 0 Å². The molecule has 2 N–H and O–H groups in total. The Kier molecular flexibility index (Phi) is 5.13. The number of piperidine rings is 1. The molecular weight excluding hydrogens is 282 g/mol. The zero-order valence-electron chi connectivity index (χ0n) is 13.4. The Morgan fingerprint density at radius 2 is 2.00 bits per heavy atom. The lowest BCUT2D eigenvalue weighted by Crippen LogP contribution is -3.15. The minimum atomic E-state index is -0.431. The van der Waals surface area contributed by atoms with Gasteiger partial charge in [-0.05, 0) is 25.0 Å². The van der Waals surface area contributed by atoms with Gasteiger partial charge in [-0.15, -0.1) is 0 Å². The summed E-state index contributed by atoms with van der Waals surface area (Å²) in [5, 5.41) is 13.6. The highest BCUT2D eigenvalue weighted by atomic mass is 16.6. The molecule has 1 saturated heterocycles. The summed E-state index contributed by atoms with van der Waals surface area (Å²) in [6, 6.07) is 4.50. The van der Waals surface area contributed by atoms with Crippen molar-refractivity contribution >= 4 is 17.3 Å². The Labute approximate surface area is 130 Å². The first-order chi connectivity index (χ1) is 10.3. The van der Waals surface area contributed by atoms with E-state index in [1.807, 2.05) is 0 Å². The smallest absolute Gasteiger partial charge is 0.279 e. The average Bonchev–Trinajstić information content (AvgIpc) is 2.39. The van der Waals surface area contributed by atoms with Gasteiger partial charge in [0.1, 0.15) is 0 Å². The number of carbonyl (C=O) groups excluding carboxylic acids is 1. The molecule has 1 aliphatic heterocycles. The number of likely N-dealkylation sites (tertiary alicyclic amines) is 1. The van der Waals surface area contributed by atoms with E-state index in [4.69, 9.17) is 0 Å². The van der Waals surface area contributed by atoms with Gasteiger partial charge in [-0.1, -0.05) is 13.8 Å². The summed E-state index contributed by atoms with van der Waals surface area (Å²) < 4.78 is 0. The van der Waals surface area contributed by atoms with Crippen LogP contribution in [0.2, 0.25) is 0 Å². The number of anilines is 1. The van der Waals surface area contributed by atoms with E-state index in [0.29, 0.717) is 29.6 Å². The maximum absolute atomic E-state index is 12.2. The fourth-order valence-electron chi connectivity index (χ4n) is 3.39. The van der Waals surface area contributed by atoms with Crippen molar-refractivity contribution in [3.63, 3.8) is 0 Å². The molecular formula is C16H24N3O3+. The van der Waals surface area contributed by atoms with Crippen LogP contribution in [0.5, 0.6) is 0 Å². The van der Waals surface area contributed by atoms with Gasteiger partial charge in [-0.3, -0.25) is 14.9 Å². The molecule has 6 heteroatoms. The normalized spacial score (nSPS) is 24.8. The quantitative estimate of drug-likeness (QED) is 0.652. The molecule has 0 radical (unpaired) electrons. The number of quaternary nitrogens is 1. The van der Waals surface area contributed by atoms with Gasteiger partial charge >= 0.3 is 0 Å². The Morgan fingerprint density at radius 1 is 1.36 bits per heavy atom. The van der Waals surface area contributed by atoms with Gasteiger partial charge in [-0.2, -0.15) is 0 Å². The van der Waals surface area contributed by atoms with Crippen molar-refractivity contribution in [1.29, 1.82) is 0 Å². The zero-order valence-corrected chi connectivity index (χ0v) is 13.4. The highest BCUT2D eigenvalue weighted by Gasteiger charge is 2.26. The number of nitro benzene ring substituents is 1. The second kappa shape index (κ2) is 6.87. The largest absolute Gasteiger partial charge is 0.327 e. The Hall–Kier alpha value is -1.95. The second-order valence-electron chi connectivity index (χ2n) is 6.59. The van der Waals surface area contributed by atoms with Crippen LogP contribution in [0.25, 0.3) is 0 Å². The molecule has 0 unspecified atom stereocenters. The standard InChI is InChI=1S/C16H23N3O3/c1-11-6-12(2)9-18(8-11)10-16(20)17-15-5-4-14(19(21)22)7-13(15)3/h4-5,7,11-12H,6,8-10H2,1-3H3,(H,17,20)/p+1/t11-,12-/m0/s1. The molecule has 0 aromatic heterocycles. The lowest BCUT2D eigenvalue weighted by molar-refractivity contribution is -0.904. The number of non-ortho nitro benzene ring substituents is 1. The maximum Gasteiger partial charge on any atom is 0.279 e. The fourth-order valence-corrected chi connectivity index (χ4v) is 3.39. The summed E-state index contributed by atoms with van der Waals surface area (Å²) in [5.74, 6) is 1.26. The minimum Gasteiger partial charge on any atom is -0.327 e. The van der Waals surface area contributed by atoms with Gasteiger partial charge in [0.2, 0.25) is 0 Å². The van der Waals surface area contributed by atoms with Crippen molar-refractivity contribution < 1.29 is 14.6 Å². The summed E-state index contributed by atoms with van der Waals surface area (Å²) in [7, 11) is 0. The molecule has 1 amide bonds. The van der Waals surface area contributed by atoms with E-state index in [1.165, 1.54) is 23.5 Å². The minimum absolute atomic E-state index is 0.0340. The van der Waals surface area contributed by atoms with Crippen LogP contribution in [0.15, 0.2) is 18.2 Å². The summed E-state index contributed by atoms with van der Waals surface area (Å²) >= 11 is 0. The van der Waals surface area contributed by atoms with E-state index < -0.39 is 4.92 Å². The van der Waals surface area contributed by atoms with Gasteiger partial charge in [0.05, 0.1) is 18.0 Å². The van der Waals surface area contributed by atoms with Gasteiger partial charge in [0, 0.05) is 29.7 Å². The number of rotatable bonds is 4. The summed E-state index contributed by atoms with van der Waals surface area (Å²) in [6.45, 7) is 8.72. The van der Waals surface area contributed by atoms with Crippen LogP contribution in [0.4, 0.5) is 11.4 Å². The van der Waals surface area contributed by atoms with Crippen LogP contribution in [-0.2, 0) is 4.79 Å². The van der Waals surface area contributed by atoms with Crippen molar-refractivity contribution in [3.8, 4) is 0 Å². The van der Waals surface area contributed by atoms with Crippen molar-refractivity contribution in [3.05, 3.63) is 33.9 Å². The van der Waals surface area contributed by atoms with Crippen molar-refractivity contribution in [2.24, 2.45) is 11.8 Å². The van der Waals surface area contributed by atoms with E-state index in [1.54, 1.807) is 13.0 Å². The molecule has 22 heavy (non-hydrogen) atoms. The highest BCUT2D eigenvalue weighted by molar-refractivity contribution is 5.92. The Bertz CT molecular complexity index is 564. The molecule has 2 atom stereocenters. The van der Waals surface area contributed by atoms with E-state index in [0.717, 1.165) is 13.1 Å². The maximum atomic E-state index is 12.2. The molecule has 1 heterocycles. The number of nitrogens with zero attached hydrogens (tertiary/aromatic N) is 1. The van der Waals surface area contributed by atoms with Gasteiger partial charge in [0.25, 0.3) is 11.6 Å². The van der Waals surface area contributed by atoms with Crippen LogP contribution in [0.1, 0.15) is 25.8 Å². The Balaban J connectivity index is 1.96. The van der Waals surface area contributed by atoms with Gasteiger partial charge < -0.3 is 10.2 Å². The summed E-state index contributed by atoms with van der Waals surface area (Å²) in [4.78, 5) is 23.8. The number of nitrogens with one attached hydrogen (secondary N) is 2. The van der Waals surface area contributed by atoms with Crippen molar-refractivity contribution in [2.45, 2.75) is 27.2 Å². The first-order valence-corrected chi connectivity index (χ1v) is 7.73. The molecule has 0 saturated carbocycles. The monoisotopic (exact) mass is 306 g/mol. The van der Waals surface area contributed by atoms with Crippen molar-refractivity contribution in [2.75, 3.05) is 25.0 Å². The number of amides is 1.